The first-order chi connectivity index (χ1) is 15.4. The van der Waals surface area contributed by atoms with Gasteiger partial charge >= 0.3 is 5.97 Å². The Balaban J connectivity index is 1.22. The maximum atomic E-state index is 12.9. The molecule has 4 fully saturated rings. The predicted octanol–water partition coefficient (Wildman–Crippen LogP) is 4.93. The molecule has 2 aromatic rings. The third-order valence-corrected chi connectivity index (χ3v) is 7.99. The molecular formula is C27H36N2O3. The summed E-state index contributed by atoms with van der Waals surface area (Å²) in [5.41, 5.74) is 3.30. The smallest absolute Gasteiger partial charge is 0.312 e. The molecule has 0 radical (unpaired) electrons. The molecule has 4 bridgehead atoms. The van der Waals surface area contributed by atoms with Crippen molar-refractivity contribution in [2.45, 2.75) is 77.7 Å². The number of rotatable bonds is 8. The number of H-pyrrole nitrogens is 1. The molecule has 6 rings (SSSR count). The van der Waals surface area contributed by atoms with Gasteiger partial charge in [-0.25, -0.2) is 0 Å². The Hall–Kier alpha value is -2.30. The van der Waals surface area contributed by atoms with Crippen molar-refractivity contribution in [1.82, 2.24) is 10.3 Å². The van der Waals surface area contributed by atoms with Gasteiger partial charge in [0.1, 0.15) is 0 Å². The number of carbonyl (C=O) groups excluding carboxylic acids is 2. The number of nitrogens with one attached hydrogen (secondary N) is 2. The highest BCUT2D eigenvalue weighted by molar-refractivity contribution is 5.86. The SMILES string of the molecule is CC(C)OC(=O)Cc1[nH]c2ccccc2c1CCNC(=O)CC12CC3CC(CC(C3)C1)C2. The molecule has 1 amide bonds. The minimum atomic E-state index is -0.223. The van der Waals surface area contributed by atoms with Gasteiger partial charge in [0.05, 0.1) is 12.5 Å². The molecule has 0 spiro atoms. The Kier molecular flexibility index (Phi) is 5.77. The normalized spacial score (nSPS) is 28.4. The largest absolute Gasteiger partial charge is 0.463 e. The van der Waals surface area contributed by atoms with Crippen molar-refractivity contribution >= 4 is 22.8 Å². The fourth-order valence-corrected chi connectivity index (χ4v) is 7.38. The Morgan fingerprint density at radius 3 is 2.41 bits per heavy atom. The zero-order valence-electron chi connectivity index (χ0n) is 19.4. The number of ether oxygens (including phenoxy) is 1. The van der Waals surface area contributed by atoms with Crippen LogP contribution in [-0.4, -0.2) is 29.5 Å². The second kappa shape index (κ2) is 8.57. The van der Waals surface area contributed by atoms with Crippen LogP contribution in [0, 0.1) is 23.2 Å². The van der Waals surface area contributed by atoms with E-state index in [0.29, 0.717) is 19.4 Å². The molecule has 0 aliphatic heterocycles. The summed E-state index contributed by atoms with van der Waals surface area (Å²) >= 11 is 0. The fourth-order valence-electron chi connectivity index (χ4n) is 7.38. The lowest BCUT2D eigenvalue weighted by molar-refractivity contribution is -0.146. The van der Waals surface area contributed by atoms with Gasteiger partial charge in [-0.2, -0.15) is 0 Å². The summed E-state index contributed by atoms with van der Waals surface area (Å²) in [7, 11) is 0. The van der Waals surface area contributed by atoms with Gasteiger partial charge in [0, 0.05) is 29.6 Å². The van der Waals surface area contributed by atoms with Crippen LogP contribution in [0.3, 0.4) is 0 Å². The molecule has 172 valence electrons. The molecule has 5 nitrogen and oxygen atoms in total. The third-order valence-electron chi connectivity index (χ3n) is 7.99. The Morgan fingerprint density at radius 1 is 1.09 bits per heavy atom. The molecule has 2 N–H and O–H groups in total. The van der Waals surface area contributed by atoms with Crippen LogP contribution in [-0.2, 0) is 27.2 Å². The summed E-state index contributed by atoms with van der Waals surface area (Å²) in [5, 5.41) is 4.32. The third kappa shape index (κ3) is 4.44. The van der Waals surface area contributed by atoms with Crippen molar-refractivity contribution in [3.8, 4) is 0 Å². The fraction of sp³-hybridized carbons (Fsp3) is 0.630. The Bertz CT molecular complexity index is 970. The molecule has 1 heterocycles. The van der Waals surface area contributed by atoms with Crippen LogP contribution < -0.4 is 5.32 Å². The van der Waals surface area contributed by atoms with Crippen LogP contribution in [0.15, 0.2) is 24.3 Å². The van der Waals surface area contributed by atoms with E-state index in [1.165, 1.54) is 38.5 Å². The van der Waals surface area contributed by atoms with Crippen LogP contribution in [0.4, 0.5) is 0 Å². The first kappa shape index (κ1) is 21.5. The van der Waals surface area contributed by atoms with Crippen LogP contribution >= 0.6 is 0 Å². The Morgan fingerprint density at radius 2 is 1.75 bits per heavy atom. The Labute approximate surface area is 190 Å². The number of hydrogen-bond acceptors (Lipinski definition) is 3. The van der Waals surface area contributed by atoms with Crippen molar-refractivity contribution in [3.63, 3.8) is 0 Å². The zero-order valence-corrected chi connectivity index (χ0v) is 19.4. The zero-order chi connectivity index (χ0) is 22.3. The molecule has 0 unspecified atom stereocenters. The number of carbonyl (C=O) groups is 2. The number of aromatic amines is 1. The first-order valence-corrected chi connectivity index (χ1v) is 12.4. The van der Waals surface area contributed by atoms with Crippen LogP contribution in [0.25, 0.3) is 10.9 Å². The van der Waals surface area contributed by atoms with Crippen molar-refractivity contribution < 1.29 is 14.3 Å². The molecule has 5 heteroatoms. The lowest BCUT2D eigenvalue weighted by Crippen LogP contribution is -2.48. The number of aromatic nitrogens is 1. The van der Waals surface area contributed by atoms with Gasteiger partial charge in [-0.15, -0.1) is 0 Å². The average Bonchev–Trinajstić information content (AvgIpc) is 3.03. The number of amides is 1. The number of para-hydroxylation sites is 1. The topological polar surface area (TPSA) is 71.2 Å². The van der Waals surface area contributed by atoms with Crippen molar-refractivity contribution in [2.24, 2.45) is 23.2 Å². The molecular weight excluding hydrogens is 400 g/mol. The summed E-state index contributed by atoms with van der Waals surface area (Å²) in [4.78, 5) is 28.6. The summed E-state index contributed by atoms with van der Waals surface area (Å²) in [6.45, 7) is 4.33. The quantitative estimate of drug-likeness (QED) is 0.577. The van der Waals surface area contributed by atoms with Gasteiger partial charge in [0.2, 0.25) is 5.91 Å². The monoisotopic (exact) mass is 436 g/mol. The van der Waals surface area contributed by atoms with E-state index in [2.05, 4.69) is 16.4 Å². The highest BCUT2D eigenvalue weighted by Crippen LogP contribution is 2.61. The highest BCUT2D eigenvalue weighted by Gasteiger charge is 2.51. The van der Waals surface area contributed by atoms with Gasteiger partial charge in [0.15, 0.2) is 0 Å². The molecule has 0 saturated heterocycles. The van der Waals surface area contributed by atoms with Crippen LogP contribution in [0.5, 0.6) is 0 Å². The van der Waals surface area contributed by atoms with E-state index >= 15 is 0 Å². The van der Waals surface area contributed by atoms with Gasteiger partial charge < -0.3 is 15.0 Å². The molecule has 0 atom stereocenters. The lowest BCUT2D eigenvalue weighted by Gasteiger charge is -2.56. The minimum absolute atomic E-state index is 0.126. The maximum absolute atomic E-state index is 12.9. The van der Waals surface area contributed by atoms with E-state index in [-0.39, 0.29) is 29.8 Å². The van der Waals surface area contributed by atoms with E-state index in [0.717, 1.165) is 39.9 Å². The standard InChI is InChI=1S/C27H36N2O3/c1-17(2)32-26(31)12-24-22(21-5-3-4-6-23(21)29-24)7-8-28-25(30)16-27-13-18-9-19(14-27)11-20(10-18)15-27/h3-6,17-20,29H,7-16H2,1-2H3,(H,28,30). The number of benzene rings is 1. The van der Waals surface area contributed by atoms with Gasteiger partial charge in [-0.1, -0.05) is 18.2 Å². The van der Waals surface area contributed by atoms with E-state index in [1.54, 1.807) is 0 Å². The minimum Gasteiger partial charge on any atom is -0.463 e. The van der Waals surface area contributed by atoms with Crippen LogP contribution in [0.2, 0.25) is 0 Å². The van der Waals surface area contributed by atoms with E-state index in [4.69, 9.17) is 4.74 Å². The molecule has 1 aromatic heterocycles. The summed E-state index contributed by atoms with van der Waals surface area (Å²) in [6.07, 6.45) is 9.50. The molecule has 4 saturated carbocycles. The molecule has 32 heavy (non-hydrogen) atoms. The summed E-state index contributed by atoms with van der Waals surface area (Å²) < 4.78 is 5.35. The molecule has 1 aromatic carbocycles. The van der Waals surface area contributed by atoms with Gasteiger partial charge in [-0.3, -0.25) is 9.59 Å². The molecule has 4 aliphatic carbocycles. The summed E-state index contributed by atoms with van der Waals surface area (Å²) in [5.74, 6) is 2.58. The number of esters is 1. The first-order valence-electron chi connectivity index (χ1n) is 12.4. The second-order valence-corrected chi connectivity index (χ2v) is 11.0. The highest BCUT2D eigenvalue weighted by atomic mass is 16.5. The van der Waals surface area contributed by atoms with E-state index in [1.807, 2.05) is 32.0 Å². The van der Waals surface area contributed by atoms with Crippen molar-refractivity contribution in [3.05, 3.63) is 35.5 Å². The number of hydrogen-bond donors (Lipinski definition) is 2. The van der Waals surface area contributed by atoms with Crippen LogP contribution in [0.1, 0.15) is 70.1 Å². The summed E-state index contributed by atoms with van der Waals surface area (Å²) in [6, 6.07) is 8.12. The lowest BCUT2D eigenvalue weighted by atomic mass is 9.49. The van der Waals surface area contributed by atoms with E-state index < -0.39 is 0 Å². The van der Waals surface area contributed by atoms with Gasteiger partial charge in [-0.05, 0) is 93.6 Å². The number of fused-ring (bicyclic) bond motifs is 1. The van der Waals surface area contributed by atoms with Crippen molar-refractivity contribution in [2.75, 3.05) is 6.54 Å². The average molecular weight is 437 g/mol. The van der Waals surface area contributed by atoms with Gasteiger partial charge in [0.25, 0.3) is 0 Å². The molecule has 4 aliphatic rings. The second-order valence-electron chi connectivity index (χ2n) is 11.0. The van der Waals surface area contributed by atoms with E-state index in [9.17, 15) is 9.59 Å². The van der Waals surface area contributed by atoms with Crippen molar-refractivity contribution in [1.29, 1.82) is 0 Å². The maximum Gasteiger partial charge on any atom is 0.312 e. The predicted molar refractivity (Wildman–Crippen MR) is 125 cm³/mol.